The predicted octanol–water partition coefficient (Wildman–Crippen LogP) is 3.68. The number of para-hydroxylation sites is 2. The minimum Gasteiger partial charge on any atom is -0.497 e. The van der Waals surface area contributed by atoms with E-state index < -0.39 is 11.8 Å². The molecule has 0 aliphatic rings. The summed E-state index contributed by atoms with van der Waals surface area (Å²) < 4.78 is 21.8. The molecule has 0 saturated carbocycles. The molecular formula is C27H28N2O6. The fourth-order valence-electron chi connectivity index (χ4n) is 3.11. The zero-order chi connectivity index (χ0) is 25.0. The Morgan fingerprint density at radius 3 is 2.03 bits per heavy atom. The number of likely N-dealkylation sites (N-methyl/N-ethyl adjacent to an activating group) is 1. The second-order valence-corrected chi connectivity index (χ2v) is 7.24. The SMILES string of the molecule is CNC(=O)/C(=C\c1ccc(OCCOc2ccccc2OC)cc1)NC(=O)c1ccc(OC)cc1. The molecule has 0 saturated heterocycles. The molecule has 3 aromatic carbocycles. The lowest BCUT2D eigenvalue weighted by Gasteiger charge is -2.11. The molecule has 2 N–H and O–H groups in total. The molecule has 0 heterocycles. The fraction of sp³-hybridized carbons (Fsp3) is 0.185. The average molecular weight is 477 g/mol. The third-order valence-corrected chi connectivity index (χ3v) is 4.94. The van der Waals surface area contributed by atoms with Crippen LogP contribution in [0.1, 0.15) is 15.9 Å². The Bertz CT molecular complexity index is 1160. The molecule has 0 atom stereocenters. The maximum atomic E-state index is 12.6. The summed E-state index contributed by atoms with van der Waals surface area (Å²) in [4.78, 5) is 24.9. The van der Waals surface area contributed by atoms with Crippen LogP contribution in [0.3, 0.4) is 0 Å². The van der Waals surface area contributed by atoms with Gasteiger partial charge in [0.25, 0.3) is 11.8 Å². The van der Waals surface area contributed by atoms with Gasteiger partial charge in [-0.3, -0.25) is 9.59 Å². The lowest BCUT2D eigenvalue weighted by Crippen LogP contribution is -2.33. The summed E-state index contributed by atoms with van der Waals surface area (Å²) >= 11 is 0. The van der Waals surface area contributed by atoms with Crippen LogP contribution in [0, 0.1) is 0 Å². The van der Waals surface area contributed by atoms with Gasteiger partial charge in [-0.2, -0.15) is 0 Å². The Morgan fingerprint density at radius 1 is 0.771 bits per heavy atom. The van der Waals surface area contributed by atoms with Gasteiger partial charge in [-0.05, 0) is 60.2 Å². The Balaban J connectivity index is 1.59. The predicted molar refractivity (Wildman–Crippen MR) is 133 cm³/mol. The number of rotatable bonds is 11. The number of hydrogen-bond acceptors (Lipinski definition) is 6. The number of carbonyl (C=O) groups is 2. The number of hydrogen-bond donors (Lipinski definition) is 2. The van der Waals surface area contributed by atoms with Gasteiger partial charge in [0, 0.05) is 12.6 Å². The van der Waals surface area contributed by atoms with Crippen LogP contribution in [0.25, 0.3) is 6.08 Å². The van der Waals surface area contributed by atoms with Crippen molar-refractivity contribution < 1.29 is 28.5 Å². The quantitative estimate of drug-likeness (QED) is 0.324. The van der Waals surface area contributed by atoms with Crippen LogP contribution >= 0.6 is 0 Å². The van der Waals surface area contributed by atoms with Crippen LogP contribution in [-0.2, 0) is 4.79 Å². The van der Waals surface area contributed by atoms with E-state index in [9.17, 15) is 9.59 Å². The largest absolute Gasteiger partial charge is 0.497 e. The third-order valence-electron chi connectivity index (χ3n) is 4.94. The Labute approximate surface area is 204 Å². The van der Waals surface area contributed by atoms with E-state index in [-0.39, 0.29) is 5.70 Å². The van der Waals surface area contributed by atoms with Crippen LogP contribution in [-0.4, -0.2) is 46.3 Å². The fourth-order valence-corrected chi connectivity index (χ4v) is 3.11. The number of benzene rings is 3. The van der Waals surface area contributed by atoms with Gasteiger partial charge in [0.05, 0.1) is 14.2 Å². The summed E-state index contributed by atoms with van der Waals surface area (Å²) in [6.45, 7) is 0.689. The maximum absolute atomic E-state index is 12.6. The van der Waals surface area contributed by atoms with Crippen molar-refractivity contribution in [2.75, 3.05) is 34.5 Å². The molecule has 182 valence electrons. The van der Waals surface area contributed by atoms with Crippen molar-refractivity contribution >= 4 is 17.9 Å². The van der Waals surface area contributed by atoms with Crippen LogP contribution in [0.15, 0.2) is 78.5 Å². The van der Waals surface area contributed by atoms with E-state index in [1.807, 2.05) is 24.3 Å². The number of methoxy groups -OCH3 is 2. The van der Waals surface area contributed by atoms with Crippen molar-refractivity contribution in [1.29, 1.82) is 0 Å². The first-order valence-corrected chi connectivity index (χ1v) is 10.9. The highest BCUT2D eigenvalue weighted by molar-refractivity contribution is 6.05. The Kier molecular flexibility index (Phi) is 9.13. The lowest BCUT2D eigenvalue weighted by molar-refractivity contribution is -0.117. The van der Waals surface area contributed by atoms with Crippen molar-refractivity contribution in [3.05, 3.63) is 89.6 Å². The van der Waals surface area contributed by atoms with Gasteiger partial charge in [0.1, 0.15) is 30.4 Å². The van der Waals surface area contributed by atoms with Gasteiger partial charge in [-0.25, -0.2) is 0 Å². The van der Waals surface area contributed by atoms with E-state index in [0.29, 0.717) is 41.8 Å². The first kappa shape index (κ1) is 25.2. The minimum atomic E-state index is -0.416. The summed E-state index contributed by atoms with van der Waals surface area (Å²) in [6.07, 6.45) is 1.59. The number of carbonyl (C=O) groups excluding carboxylic acids is 2. The molecule has 8 nitrogen and oxygen atoms in total. The molecule has 0 aliphatic heterocycles. The molecule has 0 unspecified atom stereocenters. The molecule has 0 radical (unpaired) electrons. The van der Waals surface area contributed by atoms with Crippen molar-refractivity contribution in [1.82, 2.24) is 10.6 Å². The monoisotopic (exact) mass is 476 g/mol. The van der Waals surface area contributed by atoms with Crippen molar-refractivity contribution in [3.8, 4) is 23.0 Å². The molecule has 0 spiro atoms. The van der Waals surface area contributed by atoms with Crippen molar-refractivity contribution in [3.63, 3.8) is 0 Å². The number of nitrogens with one attached hydrogen (secondary N) is 2. The minimum absolute atomic E-state index is 0.118. The summed E-state index contributed by atoms with van der Waals surface area (Å²) in [7, 11) is 4.64. The smallest absolute Gasteiger partial charge is 0.267 e. The van der Waals surface area contributed by atoms with Gasteiger partial charge in [-0.1, -0.05) is 24.3 Å². The number of ether oxygens (including phenoxy) is 4. The lowest BCUT2D eigenvalue weighted by atomic mass is 10.1. The highest BCUT2D eigenvalue weighted by Crippen LogP contribution is 2.25. The molecular weight excluding hydrogens is 448 g/mol. The van der Waals surface area contributed by atoms with E-state index in [4.69, 9.17) is 18.9 Å². The van der Waals surface area contributed by atoms with Gasteiger partial charge < -0.3 is 29.6 Å². The Hall–Kier alpha value is -4.46. The second kappa shape index (κ2) is 12.7. The molecule has 0 aliphatic carbocycles. The standard InChI is InChI=1S/C27H28N2O6/c1-28-27(31)23(29-26(30)20-10-14-21(32-2)15-11-20)18-19-8-12-22(13-9-19)34-16-17-35-25-7-5-4-6-24(25)33-3/h4-15,18H,16-17H2,1-3H3,(H,28,31)(H,29,30)/b23-18+. The zero-order valence-electron chi connectivity index (χ0n) is 19.9. The van der Waals surface area contributed by atoms with Crippen molar-refractivity contribution in [2.24, 2.45) is 0 Å². The van der Waals surface area contributed by atoms with E-state index in [1.54, 1.807) is 68.8 Å². The normalized spacial score (nSPS) is 10.8. The second-order valence-electron chi connectivity index (χ2n) is 7.24. The number of amides is 2. The highest BCUT2D eigenvalue weighted by Gasteiger charge is 2.13. The first-order valence-electron chi connectivity index (χ1n) is 10.9. The molecule has 0 aromatic heterocycles. The summed E-state index contributed by atoms with van der Waals surface area (Å²) in [5.41, 5.74) is 1.24. The van der Waals surface area contributed by atoms with Gasteiger partial charge in [-0.15, -0.1) is 0 Å². The average Bonchev–Trinajstić information content (AvgIpc) is 2.91. The summed E-state index contributed by atoms with van der Waals surface area (Å²) in [6, 6.07) is 21.2. The topological polar surface area (TPSA) is 95.1 Å². The van der Waals surface area contributed by atoms with E-state index in [2.05, 4.69) is 10.6 Å². The van der Waals surface area contributed by atoms with E-state index in [0.717, 1.165) is 5.56 Å². The van der Waals surface area contributed by atoms with Gasteiger partial charge in [0.2, 0.25) is 0 Å². The van der Waals surface area contributed by atoms with Crippen LogP contribution in [0.5, 0.6) is 23.0 Å². The van der Waals surface area contributed by atoms with Crippen LogP contribution in [0.2, 0.25) is 0 Å². The molecule has 8 heteroatoms. The molecule has 2 amide bonds. The van der Waals surface area contributed by atoms with Crippen LogP contribution < -0.4 is 29.6 Å². The van der Waals surface area contributed by atoms with Crippen LogP contribution in [0.4, 0.5) is 0 Å². The van der Waals surface area contributed by atoms with E-state index in [1.165, 1.54) is 7.05 Å². The van der Waals surface area contributed by atoms with Crippen molar-refractivity contribution in [2.45, 2.75) is 0 Å². The molecule has 0 bridgehead atoms. The molecule has 0 fully saturated rings. The molecule has 3 aromatic rings. The summed E-state index contributed by atoms with van der Waals surface area (Å²) in [5.74, 6) is 1.78. The third kappa shape index (κ3) is 7.26. The van der Waals surface area contributed by atoms with E-state index >= 15 is 0 Å². The Morgan fingerprint density at radius 2 is 1.40 bits per heavy atom. The summed E-state index contributed by atoms with van der Waals surface area (Å²) in [5, 5.41) is 5.20. The zero-order valence-corrected chi connectivity index (χ0v) is 19.9. The van der Waals surface area contributed by atoms with Gasteiger partial charge in [0.15, 0.2) is 11.5 Å². The van der Waals surface area contributed by atoms with Gasteiger partial charge >= 0.3 is 0 Å². The molecule has 35 heavy (non-hydrogen) atoms. The first-order chi connectivity index (χ1) is 17.0. The maximum Gasteiger partial charge on any atom is 0.267 e. The molecule has 3 rings (SSSR count). The highest BCUT2D eigenvalue weighted by atomic mass is 16.5.